The molecule has 2 N–H and O–H groups in total. The summed E-state index contributed by atoms with van der Waals surface area (Å²) in [5.74, 6) is 0.522. The fourth-order valence-electron chi connectivity index (χ4n) is 1.66. The van der Waals surface area contributed by atoms with Crippen LogP contribution in [-0.4, -0.2) is 27.2 Å². The summed E-state index contributed by atoms with van der Waals surface area (Å²) in [6, 6.07) is 5.79. The van der Waals surface area contributed by atoms with Crippen LogP contribution in [0.3, 0.4) is 0 Å². The lowest BCUT2D eigenvalue weighted by Gasteiger charge is -2.02. The molecule has 3 aromatic heterocycles. The lowest BCUT2D eigenvalue weighted by Crippen LogP contribution is -1.97. The van der Waals surface area contributed by atoms with Crippen molar-refractivity contribution >= 4 is 28.3 Å². The molecule has 0 radical (unpaired) electrons. The third-order valence-electron chi connectivity index (χ3n) is 2.48. The van der Waals surface area contributed by atoms with Crippen molar-refractivity contribution in [3.63, 3.8) is 0 Å². The van der Waals surface area contributed by atoms with E-state index in [4.69, 9.17) is 5.26 Å². The second-order valence-electron chi connectivity index (χ2n) is 3.55. The first kappa shape index (κ1) is 10.7. The summed E-state index contributed by atoms with van der Waals surface area (Å²) >= 11 is 1.40. The summed E-state index contributed by atoms with van der Waals surface area (Å²) in [7, 11) is 1.76. The number of H-pyrrole nitrogens is 1. The molecule has 0 bridgehead atoms. The van der Waals surface area contributed by atoms with Crippen LogP contribution in [0.2, 0.25) is 0 Å². The maximum absolute atomic E-state index is 8.87. The van der Waals surface area contributed by atoms with Crippen molar-refractivity contribution in [3.05, 3.63) is 23.2 Å². The molecule has 18 heavy (non-hydrogen) atoms. The average molecular weight is 256 g/mol. The number of nitriles is 1. The number of fused-ring (bicyclic) bond motifs is 1. The van der Waals surface area contributed by atoms with Crippen molar-refractivity contribution in [2.45, 2.75) is 0 Å². The minimum absolute atomic E-state index is 0.522. The van der Waals surface area contributed by atoms with Gasteiger partial charge in [0.15, 0.2) is 5.65 Å². The van der Waals surface area contributed by atoms with E-state index in [1.807, 2.05) is 6.07 Å². The number of hydrogen-bond donors (Lipinski definition) is 2. The van der Waals surface area contributed by atoms with E-state index >= 15 is 0 Å². The lowest BCUT2D eigenvalue weighted by atomic mass is 10.2. The van der Waals surface area contributed by atoms with Gasteiger partial charge in [-0.25, -0.2) is 4.98 Å². The summed E-state index contributed by atoms with van der Waals surface area (Å²) in [4.78, 5) is 10.3. The monoisotopic (exact) mass is 256 g/mol. The van der Waals surface area contributed by atoms with E-state index in [0.717, 1.165) is 16.0 Å². The molecule has 0 aliphatic rings. The molecular weight excluding hydrogens is 248 g/mol. The first-order valence-corrected chi connectivity index (χ1v) is 6.02. The van der Waals surface area contributed by atoms with Crippen molar-refractivity contribution in [2.24, 2.45) is 0 Å². The zero-order valence-corrected chi connectivity index (χ0v) is 10.2. The van der Waals surface area contributed by atoms with E-state index in [9.17, 15) is 0 Å². The second kappa shape index (κ2) is 4.09. The van der Waals surface area contributed by atoms with Crippen molar-refractivity contribution < 1.29 is 0 Å². The van der Waals surface area contributed by atoms with Gasteiger partial charge in [0.25, 0.3) is 0 Å². The number of hydrogen-bond acceptors (Lipinski definition) is 6. The largest absolute Gasteiger partial charge is 0.357 e. The zero-order chi connectivity index (χ0) is 12.5. The highest BCUT2D eigenvalue weighted by Crippen LogP contribution is 2.31. The fourth-order valence-corrected chi connectivity index (χ4v) is 2.47. The number of aromatic nitrogens is 4. The molecule has 0 spiro atoms. The number of anilines is 1. The van der Waals surface area contributed by atoms with Crippen LogP contribution in [0.15, 0.2) is 18.3 Å². The van der Waals surface area contributed by atoms with Gasteiger partial charge < -0.3 is 5.32 Å². The smallest absolute Gasteiger partial charge is 0.225 e. The minimum atomic E-state index is 0.522. The standard InChI is InChI=1S/C11H8N6S/c1-13-11-15-9(7-5-14-17-10(7)16-11)8-3-2-6(4-12)18-8/h2-3,5H,1H3,(H2,13,14,15,16,17). The van der Waals surface area contributed by atoms with Crippen LogP contribution in [0.25, 0.3) is 21.6 Å². The highest BCUT2D eigenvalue weighted by Gasteiger charge is 2.12. The minimum Gasteiger partial charge on any atom is -0.357 e. The van der Waals surface area contributed by atoms with Crippen LogP contribution in [-0.2, 0) is 0 Å². The molecule has 3 rings (SSSR count). The second-order valence-corrected chi connectivity index (χ2v) is 4.64. The molecule has 88 valence electrons. The highest BCUT2D eigenvalue weighted by atomic mass is 32.1. The Balaban J connectivity index is 2.26. The number of nitrogens with zero attached hydrogens (tertiary/aromatic N) is 4. The lowest BCUT2D eigenvalue weighted by molar-refractivity contribution is 1.09. The molecule has 0 amide bonds. The van der Waals surface area contributed by atoms with E-state index in [1.54, 1.807) is 19.3 Å². The highest BCUT2D eigenvalue weighted by molar-refractivity contribution is 7.16. The fraction of sp³-hybridized carbons (Fsp3) is 0.0909. The van der Waals surface area contributed by atoms with Crippen molar-refractivity contribution in [1.29, 1.82) is 5.26 Å². The molecule has 0 atom stereocenters. The van der Waals surface area contributed by atoms with Gasteiger partial charge in [-0.15, -0.1) is 11.3 Å². The predicted octanol–water partition coefficient (Wildman–Crippen LogP) is 1.99. The molecule has 0 aromatic carbocycles. The van der Waals surface area contributed by atoms with Crippen LogP contribution in [0, 0.1) is 11.3 Å². The van der Waals surface area contributed by atoms with Gasteiger partial charge in [-0.1, -0.05) is 0 Å². The molecule has 0 aliphatic heterocycles. The number of nitrogens with one attached hydrogen (secondary N) is 2. The van der Waals surface area contributed by atoms with Crippen LogP contribution < -0.4 is 5.32 Å². The predicted molar refractivity (Wildman–Crippen MR) is 69.3 cm³/mol. The summed E-state index contributed by atoms with van der Waals surface area (Å²) in [6.45, 7) is 0. The van der Waals surface area contributed by atoms with Gasteiger partial charge in [0, 0.05) is 7.05 Å². The quantitative estimate of drug-likeness (QED) is 0.731. The Kier molecular flexibility index (Phi) is 2.42. The van der Waals surface area contributed by atoms with E-state index < -0.39 is 0 Å². The van der Waals surface area contributed by atoms with Gasteiger partial charge >= 0.3 is 0 Å². The molecule has 0 fully saturated rings. The van der Waals surface area contributed by atoms with Crippen LogP contribution in [0.1, 0.15) is 4.88 Å². The molecule has 0 saturated carbocycles. The van der Waals surface area contributed by atoms with Gasteiger partial charge in [0.1, 0.15) is 10.9 Å². The summed E-state index contributed by atoms with van der Waals surface area (Å²) in [6.07, 6.45) is 1.69. The molecule has 6 nitrogen and oxygen atoms in total. The maximum Gasteiger partial charge on any atom is 0.225 e. The molecule has 3 aromatic rings. The third-order valence-corrected chi connectivity index (χ3v) is 3.48. The van der Waals surface area contributed by atoms with Crippen molar-refractivity contribution in [2.75, 3.05) is 12.4 Å². The van der Waals surface area contributed by atoms with E-state index in [0.29, 0.717) is 16.5 Å². The normalized spacial score (nSPS) is 10.4. The SMILES string of the molecule is CNc1nc(-c2ccc(C#N)s2)c2cn[nH]c2n1. The van der Waals surface area contributed by atoms with Crippen LogP contribution in [0.5, 0.6) is 0 Å². The zero-order valence-electron chi connectivity index (χ0n) is 9.43. The summed E-state index contributed by atoms with van der Waals surface area (Å²) in [5.41, 5.74) is 1.46. The maximum atomic E-state index is 8.87. The summed E-state index contributed by atoms with van der Waals surface area (Å²) in [5, 5.41) is 19.4. The van der Waals surface area contributed by atoms with Crippen LogP contribution in [0.4, 0.5) is 5.95 Å². The Labute approximate surface area is 106 Å². The number of thiophene rings is 1. The Hall–Kier alpha value is -2.46. The van der Waals surface area contributed by atoms with Gasteiger partial charge in [0.2, 0.25) is 5.95 Å². The van der Waals surface area contributed by atoms with Gasteiger partial charge in [-0.2, -0.15) is 15.3 Å². The van der Waals surface area contributed by atoms with Gasteiger partial charge in [-0.05, 0) is 12.1 Å². The molecule has 0 saturated heterocycles. The van der Waals surface area contributed by atoms with Crippen LogP contribution >= 0.6 is 11.3 Å². The average Bonchev–Trinajstić information content (AvgIpc) is 3.05. The molecule has 0 unspecified atom stereocenters. The number of rotatable bonds is 2. The van der Waals surface area contributed by atoms with E-state index in [2.05, 4.69) is 31.6 Å². The Morgan fingerprint density at radius 1 is 1.39 bits per heavy atom. The molecule has 7 heteroatoms. The summed E-state index contributed by atoms with van der Waals surface area (Å²) < 4.78 is 0. The molecule has 3 heterocycles. The van der Waals surface area contributed by atoms with Crippen molar-refractivity contribution in [3.8, 4) is 16.6 Å². The topological polar surface area (TPSA) is 90.3 Å². The first-order chi connectivity index (χ1) is 8.81. The Morgan fingerprint density at radius 3 is 3.00 bits per heavy atom. The van der Waals surface area contributed by atoms with E-state index in [1.165, 1.54) is 11.3 Å². The number of aromatic amines is 1. The van der Waals surface area contributed by atoms with Crippen molar-refractivity contribution in [1.82, 2.24) is 20.2 Å². The Bertz CT molecular complexity index is 750. The van der Waals surface area contributed by atoms with E-state index in [-0.39, 0.29) is 0 Å². The van der Waals surface area contributed by atoms with Gasteiger partial charge in [-0.3, -0.25) is 5.10 Å². The molecular formula is C11H8N6S. The van der Waals surface area contributed by atoms with Gasteiger partial charge in [0.05, 0.1) is 22.2 Å². The Morgan fingerprint density at radius 2 is 2.28 bits per heavy atom. The third kappa shape index (κ3) is 1.59. The molecule has 0 aliphatic carbocycles. The first-order valence-electron chi connectivity index (χ1n) is 5.21.